The van der Waals surface area contributed by atoms with Crippen molar-refractivity contribution in [2.45, 2.75) is 63.7 Å². The second-order valence-electron chi connectivity index (χ2n) is 6.33. The molecular formula is C14H23N5. The van der Waals surface area contributed by atoms with Crippen molar-refractivity contribution in [3.63, 3.8) is 0 Å². The van der Waals surface area contributed by atoms with Crippen LogP contribution >= 0.6 is 0 Å². The Kier molecular flexibility index (Phi) is 2.84. The van der Waals surface area contributed by atoms with E-state index in [1.807, 2.05) is 0 Å². The Morgan fingerprint density at radius 2 is 2.11 bits per heavy atom. The molecule has 2 aliphatic heterocycles. The van der Waals surface area contributed by atoms with Gasteiger partial charge in [-0.15, -0.1) is 10.2 Å². The minimum absolute atomic E-state index is 0.323. The third-order valence-electron chi connectivity index (χ3n) is 4.79. The van der Waals surface area contributed by atoms with E-state index in [1.165, 1.54) is 44.6 Å². The number of fused-ring (bicyclic) bond motifs is 1. The lowest BCUT2D eigenvalue weighted by Crippen LogP contribution is -2.35. The summed E-state index contributed by atoms with van der Waals surface area (Å²) in [5.74, 6) is 2.31. The number of nitrogens with one attached hydrogen (secondary N) is 1. The average molecular weight is 261 g/mol. The zero-order valence-corrected chi connectivity index (χ0v) is 11.7. The standard InChI is InChI=1S/C14H23N5/c1-10(14-17-16-13-3-2-7-19(13)14)15-11-6-8-18(9-11)12-4-5-12/h10-12,15H,2-9H2,1H3. The van der Waals surface area contributed by atoms with Crippen molar-refractivity contribution < 1.29 is 0 Å². The van der Waals surface area contributed by atoms with E-state index in [2.05, 4.69) is 31.9 Å². The first-order chi connectivity index (χ1) is 9.31. The molecule has 1 aromatic rings. The van der Waals surface area contributed by atoms with E-state index in [0.717, 1.165) is 24.8 Å². The molecule has 5 nitrogen and oxygen atoms in total. The van der Waals surface area contributed by atoms with E-state index < -0.39 is 0 Å². The molecule has 1 N–H and O–H groups in total. The van der Waals surface area contributed by atoms with Gasteiger partial charge in [-0.1, -0.05) is 0 Å². The van der Waals surface area contributed by atoms with Gasteiger partial charge in [0.15, 0.2) is 0 Å². The smallest absolute Gasteiger partial charge is 0.149 e. The second kappa shape index (κ2) is 4.56. The van der Waals surface area contributed by atoms with Gasteiger partial charge in [0.2, 0.25) is 0 Å². The summed E-state index contributed by atoms with van der Waals surface area (Å²) in [6.07, 6.45) is 6.43. The lowest BCUT2D eigenvalue weighted by molar-refractivity contribution is 0.312. The molecule has 1 saturated heterocycles. The first-order valence-corrected chi connectivity index (χ1v) is 7.73. The third-order valence-corrected chi connectivity index (χ3v) is 4.79. The Balaban J connectivity index is 1.39. The van der Waals surface area contributed by atoms with Crippen molar-refractivity contribution in [1.29, 1.82) is 0 Å². The monoisotopic (exact) mass is 261 g/mol. The summed E-state index contributed by atoms with van der Waals surface area (Å²) in [6, 6.07) is 1.85. The highest BCUT2D eigenvalue weighted by Gasteiger charge is 2.35. The highest BCUT2D eigenvalue weighted by Crippen LogP contribution is 2.30. The molecule has 5 heteroatoms. The molecule has 19 heavy (non-hydrogen) atoms. The normalized spacial score (nSPS) is 28.8. The molecule has 0 bridgehead atoms. The summed E-state index contributed by atoms with van der Waals surface area (Å²) < 4.78 is 2.31. The first kappa shape index (κ1) is 11.9. The van der Waals surface area contributed by atoms with E-state index in [1.54, 1.807) is 0 Å². The van der Waals surface area contributed by atoms with Gasteiger partial charge in [0.25, 0.3) is 0 Å². The van der Waals surface area contributed by atoms with E-state index in [0.29, 0.717) is 12.1 Å². The Morgan fingerprint density at radius 1 is 1.21 bits per heavy atom. The number of hydrogen-bond donors (Lipinski definition) is 1. The molecular weight excluding hydrogens is 238 g/mol. The Labute approximate surface area is 114 Å². The summed E-state index contributed by atoms with van der Waals surface area (Å²) in [6.45, 7) is 5.82. The molecule has 4 rings (SSSR count). The van der Waals surface area contributed by atoms with E-state index in [-0.39, 0.29) is 0 Å². The number of rotatable bonds is 4. The highest BCUT2D eigenvalue weighted by molar-refractivity contribution is 5.05. The Bertz CT molecular complexity index is 464. The van der Waals surface area contributed by atoms with Gasteiger partial charge in [-0.05, 0) is 32.6 Å². The van der Waals surface area contributed by atoms with Crippen LogP contribution in [0.1, 0.15) is 50.3 Å². The summed E-state index contributed by atoms with van der Waals surface area (Å²) >= 11 is 0. The maximum atomic E-state index is 4.38. The van der Waals surface area contributed by atoms with Crippen LogP contribution in [0, 0.1) is 0 Å². The number of hydrogen-bond acceptors (Lipinski definition) is 4. The molecule has 104 valence electrons. The van der Waals surface area contributed by atoms with Crippen molar-refractivity contribution in [3.05, 3.63) is 11.6 Å². The summed E-state index contributed by atoms with van der Waals surface area (Å²) in [4.78, 5) is 2.65. The van der Waals surface area contributed by atoms with E-state index in [9.17, 15) is 0 Å². The molecule has 0 amide bonds. The van der Waals surface area contributed by atoms with Crippen molar-refractivity contribution in [1.82, 2.24) is 25.0 Å². The predicted molar refractivity (Wildman–Crippen MR) is 72.9 cm³/mol. The zero-order valence-electron chi connectivity index (χ0n) is 11.7. The van der Waals surface area contributed by atoms with Gasteiger partial charge < -0.3 is 9.88 Å². The molecule has 1 aliphatic carbocycles. The first-order valence-electron chi connectivity index (χ1n) is 7.73. The highest BCUT2D eigenvalue weighted by atomic mass is 15.3. The fourth-order valence-corrected chi connectivity index (χ4v) is 3.62. The summed E-state index contributed by atoms with van der Waals surface area (Å²) in [5, 5.41) is 12.4. The molecule has 3 heterocycles. The van der Waals surface area contributed by atoms with Crippen LogP contribution < -0.4 is 5.32 Å². The molecule has 2 unspecified atom stereocenters. The maximum absolute atomic E-state index is 4.38. The lowest BCUT2D eigenvalue weighted by atomic mass is 10.2. The van der Waals surface area contributed by atoms with Crippen LogP contribution in [-0.4, -0.2) is 44.8 Å². The molecule has 2 atom stereocenters. The van der Waals surface area contributed by atoms with Gasteiger partial charge in [-0.2, -0.15) is 0 Å². The van der Waals surface area contributed by atoms with Crippen LogP contribution in [0.4, 0.5) is 0 Å². The number of nitrogens with zero attached hydrogens (tertiary/aromatic N) is 4. The van der Waals surface area contributed by atoms with Crippen LogP contribution in [0.25, 0.3) is 0 Å². The van der Waals surface area contributed by atoms with Gasteiger partial charge in [0, 0.05) is 38.1 Å². The minimum Gasteiger partial charge on any atom is -0.314 e. The van der Waals surface area contributed by atoms with E-state index in [4.69, 9.17) is 0 Å². The number of aromatic nitrogens is 3. The molecule has 3 aliphatic rings. The Hall–Kier alpha value is -0.940. The quantitative estimate of drug-likeness (QED) is 0.882. The van der Waals surface area contributed by atoms with E-state index >= 15 is 0 Å². The van der Waals surface area contributed by atoms with Crippen molar-refractivity contribution >= 4 is 0 Å². The second-order valence-corrected chi connectivity index (χ2v) is 6.33. The van der Waals surface area contributed by atoms with Crippen LogP contribution in [-0.2, 0) is 13.0 Å². The topological polar surface area (TPSA) is 46.0 Å². The fourth-order valence-electron chi connectivity index (χ4n) is 3.62. The van der Waals surface area contributed by atoms with Gasteiger partial charge in [0.1, 0.15) is 11.6 Å². The van der Waals surface area contributed by atoms with Crippen molar-refractivity contribution in [2.24, 2.45) is 0 Å². The van der Waals surface area contributed by atoms with Crippen LogP contribution in [0.5, 0.6) is 0 Å². The number of likely N-dealkylation sites (tertiary alicyclic amines) is 1. The Morgan fingerprint density at radius 3 is 2.95 bits per heavy atom. The van der Waals surface area contributed by atoms with Crippen LogP contribution in [0.2, 0.25) is 0 Å². The van der Waals surface area contributed by atoms with Crippen LogP contribution in [0.3, 0.4) is 0 Å². The lowest BCUT2D eigenvalue weighted by Gasteiger charge is -2.20. The maximum Gasteiger partial charge on any atom is 0.149 e. The molecule has 2 fully saturated rings. The van der Waals surface area contributed by atoms with Gasteiger partial charge in [-0.25, -0.2) is 0 Å². The minimum atomic E-state index is 0.323. The van der Waals surface area contributed by atoms with Gasteiger partial charge >= 0.3 is 0 Å². The largest absolute Gasteiger partial charge is 0.314 e. The van der Waals surface area contributed by atoms with Gasteiger partial charge in [0.05, 0.1) is 6.04 Å². The molecule has 0 spiro atoms. The summed E-state index contributed by atoms with van der Waals surface area (Å²) in [5.41, 5.74) is 0. The van der Waals surface area contributed by atoms with Gasteiger partial charge in [-0.3, -0.25) is 4.90 Å². The molecule has 0 aromatic carbocycles. The van der Waals surface area contributed by atoms with Crippen molar-refractivity contribution in [2.75, 3.05) is 13.1 Å². The molecule has 1 saturated carbocycles. The number of aryl methyl sites for hydroxylation is 1. The SMILES string of the molecule is CC(NC1CCN(C2CC2)C1)c1nnc2n1CCC2. The average Bonchev–Trinajstić information content (AvgIpc) is 2.83. The zero-order chi connectivity index (χ0) is 12.8. The predicted octanol–water partition coefficient (Wildman–Crippen LogP) is 1.11. The molecule has 1 aromatic heterocycles. The van der Waals surface area contributed by atoms with Crippen LogP contribution in [0.15, 0.2) is 0 Å². The fraction of sp³-hybridized carbons (Fsp3) is 0.857. The molecule has 0 radical (unpaired) electrons. The van der Waals surface area contributed by atoms with Crippen molar-refractivity contribution in [3.8, 4) is 0 Å². The summed E-state index contributed by atoms with van der Waals surface area (Å²) in [7, 11) is 0. The third kappa shape index (κ3) is 2.19.